The molecule has 2 aromatic carbocycles. The van der Waals surface area contributed by atoms with Gasteiger partial charge in [0, 0.05) is 5.69 Å². The maximum absolute atomic E-state index is 13.3. The molecule has 3 rings (SSSR count). The molecule has 5 heteroatoms. The smallest absolute Gasteiger partial charge is 0.310 e. The molecule has 1 aliphatic rings. The number of hydrogen-bond donors (Lipinski definition) is 2. The normalized spacial score (nSPS) is 16.5. The number of rotatable bonds is 6. The summed E-state index contributed by atoms with van der Waals surface area (Å²) in [5, 5.41) is 12.2. The van der Waals surface area contributed by atoms with E-state index in [1.54, 1.807) is 38.3 Å². The van der Waals surface area contributed by atoms with Gasteiger partial charge in [-0.2, -0.15) is 0 Å². The van der Waals surface area contributed by atoms with E-state index in [4.69, 9.17) is 4.74 Å². The third-order valence-corrected chi connectivity index (χ3v) is 5.53. The summed E-state index contributed by atoms with van der Waals surface area (Å²) < 4.78 is 5.33. The highest BCUT2D eigenvalue weighted by Gasteiger charge is 2.43. The Balaban J connectivity index is 1.88. The van der Waals surface area contributed by atoms with Crippen molar-refractivity contribution in [2.75, 3.05) is 12.4 Å². The average Bonchev–Trinajstić information content (AvgIpc) is 3.19. The van der Waals surface area contributed by atoms with Crippen LogP contribution in [0.1, 0.15) is 49.7 Å². The second-order valence-corrected chi connectivity index (χ2v) is 7.16. The van der Waals surface area contributed by atoms with Gasteiger partial charge in [0.1, 0.15) is 5.75 Å². The van der Waals surface area contributed by atoms with Crippen LogP contribution in [0.15, 0.2) is 48.5 Å². The zero-order chi connectivity index (χ0) is 19.4. The van der Waals surface area contributed by atoms with Crippen molar-refractivity contribution in [3.63, 3.8) is 0 Å². The van der Waals surface area contributed by atoms with Crippen LogP contribution in [0.5, 0.6) is 5.75 Å². The summed E-state index contributed by atoms with van der Waals surface area (Å²) in [7, 11) is 1.62. The topological polar surface area (TPSA) is 75.6 Å². The first-order valence-corrected chi connectivity index (χ1v) is 9.25. The molecule has 1 aliphatic carbocycles. The summed E-state index contributed by atoms with van der Waals surface area (Å²) in [6.07, 6.45) is 3.58. The van der Waals surface area contributed by atoms with Crippen molar-refractivity contribution in [3.05, 3.63) is 59.7 Å². The zero-order valence-electron chi connectivity index (χ0n) is 15.7. The average molecular weight is 367 g/mol. The van der Waals surface area contributed by atoms with Crippen LogP contribution in [0.4, 0.5) is 5.69 Å². The predicted molar refractivity (Wildman–Crippen MR) is 104 cm³/mol. The van der Waals surface area contributed by atoms with E-state index < -0.39 is 17.3 Å². The number of nitrogens with one attached hydrogen (secondary N) is 1. The standard InChI is InChI=1S/C22H25NO4/c1-15(20(24)25)16-7-5-9-18(13-16)23-21(26)22(11-3-4-12-22)17-8-6-10-19(14-17)27-2/h5-10,13-15H,3-4,11-12H2,1-2H3,(H,23,26)(H,24,25). The van der Waals surface area contributed by atoms with Gasteiger partial charge in [-0.1, -0.05) is 37.1 Å². The number of benzene rings is 2. The fourth-order valence-corrected chi connectivity index (χ4v) is 3.83. The number of methoxy groups -OCH3 is 1. The Morgan fingerprint density at radius 1 is 1.11 bits per heavy atom. The summed E-state index contributed by atoms with van der Waals surface area (Å²) in [4.78, 5) is 24.5. The number of aliphatic carboxylic acids is 1. The van der Waals surface area contributed by atoms with Crippen LogP contribution in [0.2, 0.25) is 0 Å². The summed E-state index contributed by atoms with van der Waals surface area (Å²) >= 11 is 0. The molecule has 1 fully saturated rings. The monoisotopic (exact) mass is 367 g/mol. The number of ether oxygens (including phenoxy) is 1. The van der Waals surface area contributed by atoms with Crippen LogP contribution in [0.3, 0.4) is 0 Å². The molecule has 5 nitrogen and oxygen atoms in total. The number of carbonyl (C=O) groups excluding carboxylic acids is 1. The molecular weight excluding hydrogens is 342 g/mol. The Hall–Kier alpha value is -2.82. The maximum Gasteiger partial charge on any atom is 0.310 e. The van der Waals surface area contributed by atoms with E-state index in [-0.39, 0.29) is 5.91 Å². The highest BCUT2D eigenvalue weighted by Crippen LogP contribution is 2.43. The molecule has 142 valence electrons. The number of anilines is 1. The minimum atomic E-state index is -0.887. The summed E-state index contributed by atoms with van der Waals surface area (Å²) in [6, 6.07) is 14.8. The molecule has 1 amide bonds. The molecule has 1 unspecified atom stereocenters. The highest BCUT2D eigenvalue weighted by molar-refractivity contribution is 5.99. The minimum Gasteiger partial charge on any atom is -0.497 e. The first-order valence-electron chi connectivity index (χ1n) is 9.25. The molecule has 0 aromatic heterocycles. The van der Waals surface area contributed by atoms with Crippen LogP contribution in [-0.2, 0) is 15.0 Å². The molecule has 2 aromatic rings. The van der Waals surface area contributed by atoms with Gasteiger partial charge in [0.05, 0.1) is 18.4 Å². The van der Waals surface area contributed by atoms with Gasteiger partial charge in [0.15, 0.2) is 0 Å². The van der Waals surface area contributed by atoms with Gasteiger partial charge in [-0.15, -0.1) is 0 Å². The second-order valence-electron chi connectivity index (χ2n) is 7.16. The van der Waals surface area contributed by atoms with E-state index in [1.165, 1.54) is 0 Å². The van der Waals surface area contributed by atoms with E-state index >= 15 is 0 Å². The Kier molecular flexibility index (Phi) is 5.49. The van der Waals surface area contributed by atoms with Crippen LogP contribution < -0.4 is 10.1 Å². The van der Waals surface area contributed by atoms with E-state index in [1.807, 2.05) is 24.3 Å². The van der Waals surface area contributed by atoms with Crippen molar-refractivity contribution >= 4 is 17.6 Å². The second kappa shape index (κ2) is 7.82. The number of carbonyl (C=O) groups is 2. The van der Waals surface area contributed by atoms with E-state index in [0.29, 0.717) is 11.3 Å². The first-order chi connectivity index (χ1) is 13.0. The van der Waals surface area contributed by atoms with Crippen molar-refractivity contribution in [1.82, 2.24) is 0 Å². The quantitative estimate of drug-likeness (QED) is 0.797. The van der Waals surface area contributed by atoms with E-state index in [0.717, 1.165) is 37.0 Å². The van der Waals surface area contributed by atoms with Gasteiger partial charge in [0.25, 0.3) is 0 Å². The molecule has 0 aliphatic heterocycles. The lowest BCUT2D eigenvalue weighted by Crippen LogP contribution is -2.38. The molecular formula is C22H25NO4. The van der Waals surface area contributed by atoms with E-state index in [9.17, 15) is 14.7 Å². The first kappa shape index (κ1) is 19.0. The Bertz CT molecular complexity index is 840. The summed E-state index contributed by atoms with van der Waals surface area (Å²) in [5.41, 5.74) is 1.68. The lowest BCUT2D eigenvalue weighted by Gasteiger charge is -2.29. The Morgan fingerprint density at radius 3 is 2.48 bits per heavy atom. The van der Waals surface area contributed by atoms with Crippen LogP contribution in [0, 0.1) is 0 Å². The van der Waals surface area contributed by atoms with Crippen molar-refractivity contribution < 1.29 is 19.4 Å². The summed E-state index contributed by atoms with van der Waals surface area (Å²) in [5.74, 6) is -0.819. The van der Waals surface area contributed by atoms with Crippen molar-refractivity contribution in [2.24, 2.45) is 0 Å². The van der Waals surface area contributed by atoms with Crippen LogP contribution >= 0.6 is 0 Å². The molecule has 0 saturated heterocycles. The van der Waals surface area contributed by atoms with E-state index in [2.05, 4.69) is 5.32 Å². The number of hydrogen-bond acceptors (Lipinski definition) is 3. The molecule has 1 atom stereocenters. The van der Waals surface area contributed by atoms with Gasteiger partial charge in [-0.3, -0.25) is 9.59 Å². The van der Waals surface area contributed by atoms with Crippen LogP contribution in [-0.4, -0.2) is 24.1 Å². The summed E-state index contributed by atoms with van der Waals surface area (Å²) in [6.45, 7) is 1.64. The van der Waals surface area contributed by atoms with Gasteiger partial charge in [0.2, 0.25) is 5.91 Å². The third kappa shape index (κ3) is 3.82. The maximum atomic E-state index is 13.3. The Labute approximate surface area is 159 Å². The molecule has 27 heavy (non-hydrogen) atoms. The molecule has 1 saturated carbocycles. The van der Waals surface area contributed by atoms with Crippen molar-refractivity contribution in [3.8, 4) is 5.75 Å². The van der Waals surface area contributed by atoms with Crippen molar-refractivity contribution in [1.29, 1.82) is 0 Å². The predicted octanol–water partition coefficient (Wildman–Crippen LogP) is 4.33. The largest absolute Gasteiger partial charge is 0.497 e. The number of carboxylic acid groups (broad SMARTS) is 1. The van der Waals surface area contributed by atoms with Crippen LogP contribution in [0.25, 0.3) is 0 Å². The molecule has 0 heterocycles. The van der Waals surface area contributed by atoms with Gasteiger partial charge in [-0.25, -0.2) is 0 Å². The fraction of sp³-hybridized carbons (Fsp3) is 0.364. The number of carboxylic acids is 1. The molecule has 0 bridgehead atoms. The lowest BCUT2D eigenvalue weighted by atomic mass is 9.77. The molecule has 0 radical (unpaired) electrons. The lowest BCUT2D eigenvalue weighted by molar-refractivity contribution is -0.138. The van der Waals surface area contributed by atoms with Gasteiger partial charge >= 0.3 is 5.97 Å². The SMILES string of the molecule is COc1cccc(C2(C(=O)Nc3cccc(C(C)C(=O)O)c3)CCCC2)c1. The fourth-order valence-electron chi connectivity index (χ4n) is 3.83. The number of amides is 1. The highest BCUT2D eigenvalue weighted by atomic mass is 16.5. The Morgan fingerprint density at radius 2 is 1.81 bits per heavy atom. The molecule has 2 N–H and O–H groups in total. The zero-order valence-corrected chi connectivity index (χ0v) is 15.7. The molecule has 0 spiro atoms. The minimum absolute atomic E-state index is 0.0478. The van der Waals surface area contributed by atoms with Gasteiger partial charge in [-0.05, 0) is 55.2 Å². The van der Waals surface area contributed by atoms with Gasteiger partial charge < -0.3 is 15.2 Å². The third-order valence-electron chi connectivity index (χ3n) is 5.53. The van der Waals surface area contributed by atoms with Crippen molar-refractivity contribution in [2.45, 2.75) is 43.9 Å².